The van der Waals surface area contributed by atoms with Gasteiger partial charge in [-0.25, -0.2) is 14.4 Å². The standard InChI is InChI=1S/C12H8O6/c13-5-6-18-12-9(7-14)8(1-3-10(12)15)2-4-11(16)17/h1-4,6,8,15H,(H,16,17)/b4-2+. The van der Waals surface area contributed by atoms with Crippen LogP contribution in [0.1, 0.15) is 0 Å². The lowest BCUT2D eigenvalue weighted by Crippen LogP contribution is -2.10. The molecular weight excluding hydrogens is 240 g/mol. The van der Waals surface area contributed by atoms with Crippen molar-refractivity contribution in [2.75, 3.05) is 0 Å². The summed E-state index contributed by atoms with van der Waals surface area (Å²) in [6.07, 6.45) is 5.32. The summed E-state index contributed by atoms with van der Waals surface area (Å²) in [4.78, 5) is 31.2. The molecule has 18 heavy (non-hydrogen) atoms. The lowest BCUT2D eigenvalue weighted by Gasteiger charge is -2.16. The van der Waals surface area contributed by atoms with Crippen LogP contribution in [0.5, 0.6) is 0 Å². The molecule has 1 unspecified atom stereocenters. The van der Waals surface area contributed by atoms with Gasteiger partial charge in [0.1, 0.15) is 5.94 Å². The number of hydrogen-bond donors (Lipinski definition) is 2. The van der Waals surface area contributed by atoms with E-state index in [0.717, 1.165) is 6.08 Å². The Morgan fingerprint density at radius 2 is 2.17 bits per heavy atom. The quantitative estimate of drug-likeness (QED) is 0.431. The van der Waals surface area contributed by atoms with Crippen molar-refractivity contribution in [1.29, 1.82) is 0 Å². The summed E-state index contributed by atoms with van der Waals surface area (Å²) in [6, 6.07) is 0. The van der Waals surface area contributed by atoms with Crippen LogP contribution in [0.15, 0.2) is 47.7 Å². The van der Waals surface area contributed by atoms with Crippen molar-refractivity contribution in [2.24, 2.45) is 5.92 Å². The van der Waals surface area contributed by atoms with Crippen molar-refractivity contribution >= 4 is 17.9 Å². The second kappa shape index (κ2) is 6.06. The second-order valence-corrected chi connectivity index (χ2v) is 3.17. The van der Waals surface area contributed by atoms with E-state index in [1.54, 1.807) is 5.94 Å². The highest BCUT2D eigenvalue weighted by Crippen LogP contribution is 2.28. The molecule has 0 fully saturated rings. The Balaban J connectivity index is 3.10. The van der Waals surface area contributed by atoms with E-state index in [1.165, 1.54) is 24.2 Å². The Labute approximate surface area is 101 Å². The highest BCUT2D eigenvalue weighted by atomic mass is 16.5. The maximum absolute atomic E-state index is 10.8. The Hall–Kier alpha value is -2.81. The van der Waals surface area contributed by atoms with E-state index in [0.29, 0.717) is 6.26 Å². The van der Waals surface area contributed by atoms with E-state index in [1.807, 2.05) is 0 Å². The zero-order valence-electron chi connectivity index (χ0n) is 8.99. The van der Waals surface area contributed by atoms with E-state index in [-0.39, 0.29) is 17.1 Å². The molecule has 0 spiro atoms. The Kier molecular flexibility index (Phi) is 4.46. The molecule has 1 atom stereocenters. The maximum Gasteiger partial charge on any atom is 0.328 e. The summed E-state index contributed by atoms with van der Waals surface area (Å²) in [6.45, 7) is 0. The fourth-order valence-electron chi connectivity index (χ4n) is 1.32. The average molecular weight is 248 g/mol. The highest BCUT2D eigenvalue weighted by Gasteiger charge is 2.23. The molecule has 0 aromatic heterocycles. The average Bonchev–Trinajstić information content (AvgIpc) is 2.35. The lowest BCUT2D eigenvalue weighted by molar-refractivity contribution is -0.131. The number of aliphatic hydroxyl groups is 1. The molecular formula is C12H8O6. The van der Waals surface area contributed by atoms with Crippen molar-refractivity contribution in [3.05, 3.63) is 47.7 Å². The Bertz CT molecular complexity index is 539. The number of ether oxygens (including phenoxy) is 1. The third-order valence-electron chi connectivity index (χ3n) is 2.05. The van der Waals surface area contributed by atoms with E-state index in [2.05, 4.69) is 0 Å². The topological polar surface area (TPSA) is 101 Å². The fourth-order valence-corrected chi connectivity index (χ4v) is 1.32. The summed E-state index contributed by atoms with van der Waals surface area (Å²) < 4.78 is 4.73. The molecule has 0 heterocycles. The largest absolute Gasteiger partial charge is 0.504 e. The van der Waals surface area contributed by atoms with Crippen LogP contribution in [0.25, 0.3) is 0 Å². The number of carbonyl (C=O) groups excluding carboxylic acids is 2. The molecule has 0 saturated carbocycles. The predicted molar refractivity (Wildman–Crippen MR) is 59.6 cm³/mol. The smallest absolute Gasteiger partial charge is 0.328 e. The molecule has 1 aliphatic carbocycles. The first kappa shape index (κ1) is 13.3. The molecule has 1 aliphatic rings. The second-order valence-electron chi connectivity index (χ2n) is 3.17. The van der Waals surface area contributed by atoms with Crippen LogP contribution >= 0.6 is 0 Å². The van der Waals surface area contributed by atoms with Crippen molar-refractivity contribution in [3.63, 3.8) is 0 Å². The minimum absolute atomic E-state index is 0.112. The van der Waals surface area contributed by atoms with E-state index < -0.39 is 11.9 Å². The third-order valence-corrected chi connectivity index (χ3v) is 2.05. The summed E-state index contributed by atoms with van der Waals surface area (Å²) in [5.41, 5.74) is -0.112. The molecule has 0 bridgehead atoms. The van der Waals surface area contributed by atoms with Crippen LogP contribution in [0.4, 0.5) is 0 Å². The van der Waals surface area contributed by atoms with Crippen LogP contribution in [-0.2, 0) is 19.1 Å². The van der Waals surface area contributed by atoms with Crippen molar-refractivity contribution in [1.82, 2.24) is 0 Å². The first-order chi connectivity index (χ1) is 8.60. The fraction of sp³-hybridized carbons (Fsp3) is 0.0833. The summed E-state index contributed by atoms with van der Waals surface area (Å²) in [7, 11) is 0. The first-order valence-corrected chi connectivity index (χ1v) is 4.74. The molecule has 0 aliphatic heterocycles. The molecule has 0 radical (unpaired) electrons. The highest BCUT2D eigenvalue weighted by molar-refractivity contribution is 5.80. The van der Waals surface area contributed by atoms with E-state index in [4.69, 9.17) is 9.84 Å². The van der Waals surface area contributed by atoms with Gasteiger partial charge in [0.2, 0.25) is 0 Å². The monoisotopic (exact) mass is 248 g/mol. The summed E-state index contributed by atoms with van der Waals surface area (Å²) >= 11 is 0. The number of rotatable bonds is 4. The molecule has 0 amide bonds. The van der Waals surface area contributed by atoms with Gasteiger partial charge in [-0.3, -0.25) is 0 Å². The summed E-state index contributed by atoms with van der Waals surface area (Å²) in [5.74, 6) is 0.372. The predicted octanol–water partition coefficient (Wildman–Crippen LogP) is 0.703. The maximum atomic E-state index is 10.8. The molecule has 2 N–H and O–H groups in total. The molecule has 6 heteroatoms. The number of allylic oxidation sites excluding steroid dienone is 4. The molecule has 0 saturated heterocycles. The lowest BCUT2D eigenvalue weighted by atomic mass is 9.93. The molecule has 6 nitrogen and oxygen atoms in total. The van der Waals surface area contributed by atoms with Crippen molar-refractivity contribution in [3.8, 4) is 0 Å². The zero-order valence-corrected chi connectivity index (χ0v) is 8.99. The number of carbonyl (C=O) groups is 1. The van der Waals surface area contributed by atoms with Gasteiger partial charge in [-0.1, -0.05) is 12.2 Å². The van der Waals surface area contributed by atoms with Gasteiger partial charge in [-0.2, -0.15) is 0 Å². The van der Waals surface area contributed by atoms with Crippen LogP contribution in [0.3, 0.4) is 0 Å². The third kappa shape index (κ3) is 3.09. The van der Waals surface area contributed by atoms with Gasteiger partial charge in [0.25, 0.3) is 0 Å². The number of carboxylic acid groups (broad SMARTS) is 1. The van der Waals surface area contributed by atoms with Crippen LogP contribution in [-0.4, -0.2) is 28.1 Å². The number of carboxylic acids is 1. The van der Waals surface area contributed by atoms with Gasteiger partial charge in [0.05, 0.1) is 5.57 Å². The zero-order chi connectivity index (χ0) is 13.5. The van der Waals surface area contributed by atoms with Gasteiger partial charge < -0.3 is 14.9 Å². The minimum atomic E-state index is -1.18. The van der Waals surface area contributed by atoms with Crippen LogP contribution < -0.4 is 0 Å². The number of aliphatic hydroxyl groups excluding tert-OH is 1. The SMILES string of the molecule is O=C=COC1=C(O)C=CC(/C=C/C(=O)O)C1=C=O. The number of hydrogen-bond acceptors (Lipinski definition) is 5. The van der Waals surface area contributed by atoms with E-state index >= 15 is 0 Å². The van der Waals surface area contributed by atoms with Gasteiger partial charge in [-0.15, -0.1) is 0 Å². The van der Waals surface area contributed by atoms with Gasteiger partial charge in [-0.05, 0) is 6.08 Å². The molecule has 0 aromatic rings. The van der Waals surface area contributed by atoms with Gasteiger partial charge >= 0.3 is 5.97 Å². The number of aliphatic carboxylic acids is 1. The Morgan fingerprint density at radius 3 is 2.72 bits per heavy atom. The van der Waals surface area contributed by atoms with Crippen LogP contribution in [0.2, 0.25) is 0 Å². The minimum Gasteiger partial charge on any atom is -0.504 e. The van der Waals surface area contributed by atoms with Crippen LogP contribution in [0, 0.1) is 5.92 Å². The Morgan fingerprint density at radius 1 is 1.44 bits per heavy atom. The van der Waals surface area contributed by atoms with Crippen molar-refractivity contribution < 1.29 is 29.3 Å². The molecule has 1 rings (SSSR count). The first-order valence-electron chi connectivity index (χ1n) is 4.74. The molecule has 92 valence electrons. The molecule has 0 aromatic carbocycles. The van der Waals surface area contributed by atoms with Gasteiger partial charge in [0.15, 0.2) is 23.7 Å². The van der Waals surface area contributed by atoms with E-state index in [9.17, 15) is 19.5 Å². The normalized spacial score (nSPS) is 18.4. The van der Waals surface area contributed by atoms with Crippen molar-refractivity contribution in [2.45, 2.75) is 0 Å². The van der Waals surface area contributed by atoms with Gasteiger partial charge in [0, 0.05) is 12.0 Å². The summed E-state index contributed by atoms with van der Waals surface area (Å²) in [5, 5.41) is 18.0.